The molecular formula is C14H17F4O6S-. The molecule has 0 aromatic carbocycles. The first-order valence-corrected chi connectivity index (χ1v) is 8.54. The van der Waals surface area contributed by atoms with Crippen molar-refractivity contribution < 1.29 is 46.5 Å². The Morgan fingerprint density at radius 3 is 2.24 bits per heavy atom. The third-order valence-electron chi connectivity index (χ3n) is 5.61. The number of esters is 1. The number of alkyl halides is 4. The minimum atomic E-state index is -5.63. The molecule has 0 radical (unpaired) electrons. The van der Waals surface area contributed by atoms with Gasteiger partial charge in [0.05, 0.1) is 17.6 Å². The van der Waals surface area contributed by atoms with Gasteiger partial charge in [0.2, 0.25) is 0 Å². The topological polar surface area (TPSA) is 77.1 Å². The molecule has 0 aromatic heterocycles. The molecule has 0 amide bonds. The Kier molecular flexibility index (Phi) is 4.99. The van der Waals surface area contributed by atoms with Crippen LogP contribution >= 0.6 is 12.0 Å². The number of halogens is 4. The molecule has 4 aliphatic carbocycles. The van der Waals surface area contributed by atoms with Crippen LogP contribution < -0.4 is 5.26 Å². The lowest BCUT2D eigenvalue weighted by atomic mass is 9.53. The summed E-state index contributed by atoms with van der Waals surface area (Å²) >= 11 is -1.06. The van der Waals surface area contributed by atoms with Crippen molar-refractivity contribution >= 4 is 18.0 Å². The summed E-state index contributed by atoms with van der Waals surface area (Å²) in [5.41, 5.74) is -0.329. The van der Waals surface area contributed by atoms with Crippen molar-refractivity contribution in [1.29, 1.82) is 0 Å². The second-order valence-corrected chi connectivity index (χ2v) is 7.90. The highest BCUT2D eigenvalue weighted by molar-refractivity contribution is 7.96. The number of methoxy groups -OCH3 is 1. The molecule has 4 fully saturated rings. The van der Waals surface area contributed by atoms with Crippen molar-refractivity contribution in [3.63, 3.8) is 0 Å². The fourth-order valence-electron chi connectivity index (χ4n) is 4.80. The lowest BCUT2D eigenvalue weighted by molar-refractivity contribution is -0.777. The average Bonchev–Trinajstić information content (AvgIpc) is 2.54. The van der Waals surface area contributed by atoms with Gasteiger partial charge in [-0.15, -0.1) is 0 Å². The van der Waals surface area contributed by atoms with Crippen LogP contribution in [0.25, 0.3) is 0 Å². The lowest BCUT2D eigenvalue weighted by Crippen LogP contribution is -2.59. The summed E-state index contributed by atoms with van der Waals surface area (Å²) in [5, 5.41) is 7.95. The molecule has 3 atom stereocenters. The third-order valence-corrected chi connectivity index (χ3v) is 6.36. The molecule has 0 spiro atoms. The largest absolute Gasteiger partial charge is 0.691 e. The highest BCUT2D eigenvalue weighted by Crippen LogP contribution is 2.58. The molecule has 11 heteroatoms. The summed E-state index contributed by atoms with van der Waals surface area (Å²) in [4.78, 5) is 12.0. The highest BCUT2D eigenvalue weighted by Gasteiger charge is 2.67. The van der Waals surface area contributed by atoms with Crippen LogP contribution in [0, 0.1) is 17.8 Å². The Labute approximate surface area is 145 Å². The van der Waals surface area contributed by atoms with E-state index in [2.05, 4.69) is 9.37 Å². The zero-order valence-corrected chi connectivity index (χ0v) is 14.0. The summed E-state index contributed by atoms with van der Waals surface area (Å²) in [6.07, 6.45) is -3.01. The number of carbonyl (C=O) groups is 1. The first-order chi connectivity index (χ1) is 11.6. The molecule has 4 saturated carbocycles. The van der Waals surface area contributed by atoms with E-state index in [1.807, 2.05) is 0 Å². The van der Waals surface area contributed by atoms with Crippen LogP contribution in [0.1, 0.15) is 32.1 Å². The Morgan fingerprint density at radius 1 is 1.16 bits per heavy atom. The highest BCUT2D eigenvalue weighted by atomic mass is 32.2. The van der Waals surface area contributed by atoms with E-state index in [-0.39, 0.29) is 17.4 Å². The SMILES string of the molecule is COC12CC3CC(C1)C(OC(=O)C(F)(SOO[O-])C(F)(F)F)C(C3)C2. The number of rotatable bonds is 6. The van der Waals surface area contributed by atoms with Crippen molar-refractivity contribution in [3.8, 4) is 0 Å². The van der Waals surface area contributed by atoms with Crippen LogP contribution in [-0.2, 0) is 23.6 Å². The van der Waals surface area contributed by atoms with Crippen LogP contribution in [-0.4, -0.2) is 36.0 Å². The van der Waals surface area contributed by atoms with Crippen LogP contribution in [0.15, 0.2) is 0 Å². The van der Waals surface area contributed by atoms with Gasteiger partial charge < -0.3 is 14.7 Å². The summed E-state index contributed by atoms with van der Waals surface area (Å²) in [5.74, 6) is -2.11. The monoisotopic (exact) mass is 389 g/mol. The summed E-state index contributed by atoms with van der Waals surface area (Å²) < 4.78 is 67.1. The minimum absolute atomic E-state index is 0.172. The minimum Gasteiger partial charge on any atom is -0.691 e. The predicted octanol–water partition coefficient (Wildman–Crippen LogP) is 2.22. The molecule has 4 rings (SSSR count). The van der Waals surface area contributed by atoms with E-state index in [0.29, 0.717) is 31.6 Å². The van der Waals surface area contributed by atoms with Gasteiger partial charge in [-0.1, -0.05) is 0 Å². The molecular weight excluding hydrogens is 372 g/mol. The number of carbonyl (C=O) groups excluding carboxylic acids is 1. The number of ether oxygens (including phenoxy) is 2. The quantitative estimate of drug-likeness (QED) is 0.227. The molecule has 25 heavy (non-hydrogen) atoms. The van der Waals surface area contributed by atoms with Crippen molar-refractivity contribution in [3.05, 3.63) is 0 Å². The maximum Gasteiger partial charge on any atom is 0.446 e. The second kappa shape index (κ2) is 6.52. The molecule has 3 unspecified atom stereocenters. The second-order valence-electron chi connectivity index (χ2n) is 7.04. The molecule has 0 N–H and O–H groups in total. The van der Waals surface area contributed by atoms with E-state index in [4.69, 9.17) is 9.47 Å². The van der Waals surface area contributed by atoms with Crippen LogP contribution in [0.3, 0.4) is 0 Å². The van der Waals surface area contributed by atoms with E-state index in [0.717, 1.165) is 6.42 Å². The number of hydrogen-bond donors (Lipinski definition) is 0. The molecule has 0 heterocycles. The zero-order valence-electron chi connectivity index (χ0n) is 13.2. The molecule has 0 saturated heterocycles. The smallest absolute Gasteiger partial charge is 0.446 e. The normalized spacial score (nSPS) is 39.3. The van der Waals surface area contributed by atoms with Gasteiger partial charge in [-0.2, -0.15) is 17.5 Å². The van der Waals surface area contributed by atoms with E-state index in [1.165, 1.54) is 0 Å². The van der Waals surface area contributed by atoms with Gasteiger partial charge in [0, 0.05) is 7.11 Å². The number of hydrogen-bond acceptors (Lipinski definition) is 7. The average molecular weight is 389 g/mol. The van der Waals surface area contributed by atoms with Gasteiger partial charge in [0.1, 0.15) is 6.10 Å². The van der Waals surface area contributed by atoms with Crippen molar-refractivity contribution in [2.75, 3.05) is 7.11 Å². The van der Waals surface area contributed by atoms with Gasteiger partial charge in [-0.05, 0) is 49.9 Å². The Hall–Kier alpha value is -0.620. The van der Waals surface area contributed by atoms with E-state index in [9.17, 15) is 27.6 Å². The standard InChI is InChI=1S/C14H18F4O6S/c1-21-12-4-7-2-8(5-12)10(9(3-7)6-12)22-11(19)13(15,14(16,17)18)25-24-23-20/h7-10,20H,2-6H2,1H3/p-1. The zero-order chi connectivity index (χ0) is 18.5. The molecule has 0 aliphatic heterocycles. The lowest BCUT2D eigenvalue weighted by Gasteiger charge is -2.58. The van der Waals surface area contributed by atoms with Crippen molar-refractivity contribution in [1.82, 2.24) is 0 Å². The molecule has 144 valence electrons. The summed E-state index contributed by atoms with van der Waals surface area (Å²) in [6, 6.07) is 0. The first-order valence-electron chi connectivity index (χ1n) is 7.80. The van der Waals surface area contributed by atoms with Gasteiger partial charge in [-0.3, -0.25) is 5.04 Å². The molecule has 0 aromatic rings. The molecule has 6 nitrogen and oxygen atoms in total. The maximum atomic E-state index is 14.2. The fourth-order valence-corrected chi connectivity index (χ4v) is 5.13. The van der Waals surface area contributed by atoms with E-state index in [1.54, 1.807) is 7.11 Å². The summed E-state index contributed by atoms with van der Waals surface area (Å²) in [7, 11) is 1.60. The van der Waals surface area contributed by atoms with Crippen LogP contribution in [0.4, 0.5) is 17.6 Å². The van der Waals surface area contributed by atoms with E-state index >= 15 is 0 Å². The fraction of sp³-hybridized carbons (Fsp3) is 0.929. The third kappa shape index (κ3) is 3.25. The van der Waals surface area contributed by atoms with Crippen LogP contribution in [0.2, 0.25) is 0 Å². The van der Waals surface area contributed by atoms with Gasteiger partial charge in [0.15, 0.2) is 0 Å². The Balaban J connectivity index is 1.74. The van der Waals surface area contributed by atoms with Crippen molar-refractivity contribution in [2.24, 2.45) is 17.8 Å². The Morgan fingerprint density at radius 2 is 1.76 bits per heavy atom. The predicted molar refractivity (Wildman–Crippen MR) is 72.8 cm³/mol. The Bertz CT molecular complexity index is 516. The van der Waals surface area contributed by atoms with E-state index < -0.39 is 35.3 Å². The molecule has 4 aliphatic rings. The van der Waals surface area contributed by atoms with Gasteiger partial charge in [-0.25, -0.2) is 9.18 Å². The molecule has 4 bridgehead atoms. The van der Waals surface area contributed by atoms with Crippen molar-refractivity contribution in [2.45, 2.75) is 55.0 Å². The summed E-state index contributed by atoms with van der Waals surface area (Å²) in [6.45, 7) is 0. The maximum absolute atomic E-state index is 14.2. The van der Waals surface area contributed by atoms with Gasteiger partial charge >= 0.3 is 17.1 Å². The van der Waals surface area contributed by atoms with Crippen LogP contribution in [0.5, 0.6) is 0 Å². The first kappa shape index (κ1) is 19.2. The van der Waals surface area contributed by atoms with Gasteiger partial charge in [0.25, 0.3) is 0 Å².